The Bertz CT molecular complexity index is 1160. The summed E-state index contributed by atoms with van der Waals surface area (Å²) in [4.78, 5) is 25.7. The first-order chi connectivity index (χ1) is 17.5. The van der Waals surface area contributed by atoms with E-state index in [0.717, 1.165) is 16.7 Å². The summed E-state index contributed by atoms with van der Waals surface area (Å²) >= 11 is 0. The van der Waals surface area contributed by atoms with Gasteiger partial charge < -0.3 is 10.4 Å². The minimum absolute atomic E-state index is 0.0600. The minimum Gasteiger partial charge on any atom is -0.480 e. The van der Waals surface area contributed by atoms with Crippen molar-refractivity contribution in [3.8, 4) is 11.5 Å². The fourth-order valence-electron chi connectivity index (χ4n) is 4.22. The fraction of sp³-hybridized carbons (Fsp3) is 0.312. The molecule has 0 unspecified atom stereocenters. The molecular formula is C32H37NO3Si. The van der Waals surface area contributed by atoms with Gasteiger partial charge in [0.1, 0.15) is 14.1 Å². The first-order valence-electron chi connectivity index (χ1n) is 12.7. The van der Waals surface area contributed by atoms with Crippen molar-refractivity contribution in [1.29, 1.82) is 0 Å². The maximum Gasteiger partial charge on any atom is 0.327 e. The molecule has 3 aromatic carbocycles. The quantitative estimate of drug-likeness (QED) is 0.208. The van der Waals surface area contributed by atoms with Gasteiger partial charge in [0.25, 0.3) is 0 Å². The van der Waals surface area contributed by atoms with Crippen LogP contribution >= 0.6 is 0 Å². The molecule has 0 saturated carbocycles. The van der Waals surface area contributed by atoms with E-state index in [-0.39, 0.29) is 23.8 Å². The molecule has 0 aliphatic heterocycles. The van der Waals surface area contributed by atoms with Gasteiger partial charge in [0.05, 0.1) is 5.41 Å². The van der Waals surface area contributed by atoms with E-state index < -0.39 is 25.5 Å². The maximum atomic E-state index is 13.6. The van der Waals surface area contributed by atoms with Crippen LogP contribution in [-0.4, -0.2) is 31.1 Å². The first kappa shape index (κ1) is 28.0. The number of carboxylic acid groups (broad SMARTS) is 1. The molecule has 4 nitrogen and oxygen atoms in total. The van der Waals surface area contributed by atoms with Gasteiger partial charge in [-0.3, -0.25) is 4.79 Å². The molecule has 0 aliphatic rings. The Balaban J connectivity index is 1.98. The molecule has 0 fully saturated rings. The van der Waals surface area contributed by atoms with Crippen LogP contribution in [0.5, 0.6) is 0 Å². The van der Waals surface area contributed by atoms with Crippen molar-refractivity contribution >= 4 is 20.0 Å². The van der Waals surface area contributed by atoms with Crippen molar-refractivity contribution in [2.24, 2.45) is 0 Å². The lowest BCUT2D eigenvalue weighted by Crippen LogP contribution is -2.44. The zero-order valence-corrected chi connectivity index (χ0v) is 23.4. The lowest BCUT2D eigenvalue weighted by atomic mass is 9.67. The van der Waals surface area contributed by atoms with Crippen LogP contribution in [0.25, 0.3) is 0 Å². The van der Waals surface area contributed by atoms with Crippen molar-refractivity contribution in [2.75, 3.05) is 0 Å². The third-order valence-electron chi connectivity index (χ3n) is 7.44. The zero-order chi connectivity index (χ0) is 27.1. The highest BCUT2D eigenvalue weighted by molar-refractivity contribution is 6.87. The van der Waals surface area contributed by atoms with Crippen molar-refractivity contribution in [3.63, 3.8) is 0 Å². The zero-order valence-electron chi connectivity index (χ0n) is 22.4. The summed E-state index contributed by atoms with van der Waals surface area (Å²) in [6.45, 7) is 10.9. The minimum atomic E-state index is -1.88. The largest absolute Gasteiger partial charge is 0.480 e. The van der Waals surface area contributed by atoms with Crippen LogP contribution in [0.1, 0.15) is 50.3 Å². The van der Waals surface area contributed by atoms with Crippen molar-refractivity contribution in [3.05, 3.63) is 108 Å². The van der Waals surface area contributed by atoms with E-state index in [0.29, 0.717) is 0 Å². The second-order valence-corrected chi connectivity index (χ2v) is 16.0. The molecule has 0 saturated heterocycles. The van der Waals surface area contributed by atoms with E-state index in [9.17, 15) is 14.7 Å². The van der Waals surface area contributed by atoms with Crippen LogP contribution in [0.3, 0.4) is 0 Å². The highest BCUT2D eigenvalue weighted by Crippen LogP contribution is 2.42. The number of carbonyl (C=O) groups excluding carboxylic acids is 1. The molecule has 192 valence electrons. The average Bonchev–Trinajstić information content (AvgIpc) is 2.87. The molecule has 0 bridgehead atoms. The number of benzene rings is 3. The van der Waals surface area contributed by atoms with Crippen molar-refractivity contribution < 1.29 is 14.7 Å². The summed E-state index contributed by atoms with van der Waals surface area (Å²) in [5.74, 6) is 1.68. The van der Waals surface area contributed by atoms with E-state index in [1.165, 1.54) is 0 Å². The highest BCUT2D eigenvalue weighted by Gasteiger charge is 2.39. The van der Waals surface area contributed by atoms with Gasteiger partial charge in [-0.05, 0) is 21.7 Å². The Morgan fingerprint density at radius 3 is 1.57 bits per heavy atom. The van der Waals surface area contributed by atoms with Crippen molar-refractivity contribution in [1.82, 2.24) is 5.32 Å². The van der Waals surface area contributed by atoms with Crippen LogP contribution in [0.15, 0.2) is 91.0 Å². The van der Waals surface area contributed by atoms with E-state index in [1.54, 1.807) is 0 Å². The van der Waals surface area contributed by atoms with Gasteiger partial charge in [-0.1, -0.05) is 125 Å². The maximum absolute atomic E-state index is 13.6. The third-order valence-corrected chi connectivity index (χ3v) is 12.0. The molecule has 3 aromatic rings. The second-order valence-electron chi connectivity index (χ2n) is 11.0. The molecule has 1 atom stereocenters. The van der Waals surface area contributed by atoms with Crippen LogP contribution < -0.4 is 5.32 Å². The molecular weight excluding hydrogens is 474 g/mol. The smallest absolute Gasteiger partial charge is 0.327 e. The standard InChI is InChI=1S/C32H37NO3Si/c1-31(2,3)37(4,5)23-15-22-28(30(35)36)33-29(34)24-32(25-16-9-6-10-17-25,26-18-11-7-12-19-26)27-20-13-8-14-21-27/h6-14,16-21,28H,22,24H2,1-5H3,(H,33,34)(H,35,36)/t28-/m0/s1. The number of aliphatic carboxylic acids is 1. The molecule has 0 aromatic heterocycles. The Labute approximate surface area is 222 Å². The Morgan fingerprint density at radius 1 is 0.811 bits per heavy atom. The normalized spacial score (nSPS) is 12.7. The molecule has 2 N–H and O–H groups in total. The van der Waals surface area contributed by atoms with Crippen molar-refractivity contribution in [2.45, 2.75) is 63.2 Å². The van der Waals surface area contributed by atoms with Crippen LogP contribution in [0.4, 0.5) is 0 Å². The summed E-state index contributed by atoms with van der Waals surface area (Å²) in [5.41, 5.74) is 5.46. The summed E-state index contributed by atoms with van der Waals surface area (Å²) < 4.78 is 0. The van der Waals surface area contributed by atoms with E-state index in [1.807, 2.05) is 91.0 Å². The molecule has 0 aliphatic carbocycles. The molecule has 5 heteroatoms. The summed E-state index contributed by atoms with van der Waals surface area (Å²) in [6, 6.07) is 28.7. The first-order valence-corrected chi connectivity index (χ1v) is 15.7. The van der Waals surface area contributed by atoms with Gasteiger partial charge in [-0.15, -0.1) is 11.5 Å². The molecule has 0 spiro atoms. The highest BCUT2D eigenvalue weighted by atomic mass is 28.3. The van der Waals surface area contributed by atoms with E-state index in [4.69, 9.17) is 0 Å². The van der Waals surface area contributed by atoms with Gasteiger partial charge >= 0.3 is 5.97 Å². The predicted octanol–water partition coefficient (Wildman–Crippen LogP) is 6.42. The second kappa shape index (κ2) is 11.6. The number of amides is 1. The molecule has 3 rings (SSSR count). The topological polar surface area (TPSA) is 66.4 Å². The summed E-state index contributed by atoms with van der Waals surface area (Å²) in [6.07, 6.45) is 0.132. The molecule has 0 heterocycles. The van der Waals surface area contributed by atoms with E-state index in [2.05, 4.69) is 50.6 Å². The predicted molar refractivity (Wildman–Crippen MR) is 153 cm³/mol. The van der Waals surface area contributed by atoms with Gasteiger partial charge in [-0.2, -0.15) is 0 Å². The lowest BCUT2D eigenvalue weighted by molar-refractivity contribution is -0.141. The van der Waals surface area contributed by atoms with Crippen LogP contribution in [0, 0.1) is 11.5 Å². The molecule has 0 radical (unpaired) electrons. The number of hydrogen-bond donors (Lipinski definition) is 2. The number of rotatable bonds is 8. The Hall–Kier alpha value is -3.62. The van der Waals surface area contributed by atoms with Gasteiger partial charge in [-0.25, -0.2) is 4.79 Å². The van der Waals surface area contributed by atoms with Crippen LogP contribution in [0.2, 0.25) is 18.1 Å². The van der Waals surface area contributed by atoms with Gasteiger partial charge in [0, 0.05) is 12.8 Å². The third kappa shape index (κ3) is 6.58. The monoisotopic (exact) mass is 511 g/mol. The van der Waals surface area contributed by atoms with E-state index >= 15 is 0 Å². The van der Waals surface area contributed by atoms with Gasteiger partial charge in [0.15, 0.2) is 0 Å². The number of nitrogens with one attached hydrogen (secondary N) is 1. The Kier molecular flexibility index (Phi) is 8.78. The average molecular weight is 512 g/mol. The summed E-state index contributed by atoms with van der Waals surface area (Å²) in [5, 5.41) is 12.7. The van der Waals surface area contributed by atoms with Crippen LogP contribution in [-0.2, 0) is 15.0 Å². The molecule has 37 heavy (non-hydrogen) atoms. The Morgan fingerprint density at radius 2 is 1.22 bits per heavy atom. The summed E-state index contributed by atoms with van der Waals surface area (Å²) in [7, 11) is -1.88. The lowest BCUT2D eigenvalue weighted by Gasteiger charge is -2.36. The number of hydrogen-bond acceptors (Lipinski definition) is 2. The molecule has 1 amide bonds. The number of carbonyl (C=O) groups is 2. The fourth-order valence-corrected chi connectivity index (χ4v) is 5.14. The number of carboxylic acids is 1. The van der Waals surface area contributed by atoms with Gasteiger partial charge in [0.2, 0.25) is 5.91 Å². The SMILES string of the molecule is CC(C)(C)[Si](C)(C)C#CC[C@H](NC(=O)CC(c1ccccc1)(c1ccccc1)c1ccccc1)C(=O)O.